The second kappa shape index (κ2) is 9.24. The Morgan fingerprint density at radius 2 is 2.08 bits per heavy atom. The zero-order valence-corrected chi connectivity index (χ0v) is 14.6. The van der Waals surface area contributed by atoms with Gasteiger partial charge in [0, 0.05) is 11.1 Å². The Hall–Kier alpha value is -2.12. The largest absolute Gasteiger partial charge is 0.496 e. The molecule has 0 aromatic heterocycles. The van der Waals surface area contributed by atoms with Crippen molar-refractivity contribution in [3.63, 3.8) is 0 Å². The SMILES string of the molecule is CCc1c(OC)ccc(/C=N\NC(=O)C[NH+]2CCOCC2)c1OC. The number of quaternary nitrogens is 1. The summed E-state index contributed by atoms with van der Waals surface area (Å²) in [5.74, 6) is 1.39. The summed E-state index contributed by atoms with van der Waals surface area (Å²) in [5, 5.41) is 4.06. The number of carbonyl (C=O) groups is 1. The van der Waals surface area contributed by atoms with Crippen LogP contribution in [0.5, 0.6) is 11.5 Å². The van der Waals surface area contributed by atoms with Crippen LogP contribution in [0.4, 0.5) is 0 Å². The number of hydrogen-bond donors (Lipinski definition) is 2. The van der Waals surface area contributed by atoms with Gasteiger partial charge in [0.1, 0.15) is 24.6 Å². The van der Waals surface area contributed by atoms with E-state index >= 15 is 0 Å². The fourth-order valence-corrected chi connectivity index (χ4v) is 2.77. The Kier molecular flexibility index (Phi) is 7.02. The Labute approximate surface area is 142 Å². The van der Waals surface area contributed by atoms with Crippen LogP contribution in [0.3, 0.4) is 0 Å². The van der Waals surface area contributed by atoms with E-state index in [1.165, 1.54) is 4.90 Å². The van der Waals surface area contributed by atoms with E-state index in [0.29, 0.717) is 25.5 Å². The molecule has 0 aliphatic carbocycles. The molecule has 7 heteroatoms. The number of ether oxygens (including phenoxy) is 3. The quantitative estimate of drug-likeness (QED) is 0.526. The first-order valence-corrected chi connectivity index (χ1v) is 8.16. The number of hydrogen-bond acceptors (Lipinski definition) is 5. The summed E-state index contributed by atoms with van der Waals surface area (Å²) >= 11 is 0. The molecule has 0 unspecified atom stereocenters. The average molecular weight is 336 g/mol. The first-order valence-electron chi connectivity index (χ1n) is 8.16. The predicted molar refractivity (Wildman–Crippen MR) is 91.0 cm³/mol. The molecule has 1 aromatic rings. The van der Waals surface area contributed by atoms with Crippen LogP contribution in [0, 0.1) is 0 Å². The summed E-state index contributed by atoms with van der Waals surface area (Å²) in [4.78, 5) is 13.2. The van der Waals surface area contributed by atoms with E-state index in [0.717, 1.165) is 36.4 Å². The number of methoxy groups -OCH3 is 2. The average Bonchev–Trinajstić information content (AvgIpc) is 2.61. The summed E-state index contributed by atoms with van der Waals surface area (Å²) in [6.45, 7) is 5.55. The Balaban J connectivity index is 1.99. The third-order valence-corrected chi connectivity index (χ3v) is 4.03. The van der Waals surface area contributed by atoms with E-state index < -0.39 is 0 Å². The number of morpholine rings is 1. The zero-order valence-electron chi connectivity index (χ0n) is 14.6. The van der Waals surface area contributed by atoms with E-state index in [1.807, 2.05) is 19.1 Å². The molecule has 0 spiro atoms. The second-order valence-corrected chi connectivity index (χ2v) is 5.55. The molecule has 1 aliphatic heterocycles. The van der Waals surface area contributed by atoms with Gasteiger partial charge in [0.2, 0.25) is 0 Å². The van der Waals surface area contributed by atoms with Crippen molar-refractivity contribution in [2.24, 2.45) is 5.10 Å². The van der Waals surface area contributed by atoms with Gasteiger partial charge in [-0.15, -0.1) is 0 Å². The van der Waals surface area contributed by atoms with Crippen molar-refractivity contribution in [1.29, 1.82) is 0 Å². The smallest absolute Gasteiger partial charge is 0.295 e. The predicted octanol–water partition coefficient (Wildman–Crippen LogP) is -0.369. The van der Waals surface area contributed by atoms with Crippen LogP contribution in [0.15, 0.2) is 17.2 Å². The number of amides is 1. The van der Waals surface area contributed by atoms with Crippen molar-refractivity contribution >= 4 is 12.1 Å². The molecule has 24 heavy (non-hydrogen) atoms. The van der Waals surface area contributed by atoms with Crippen LogP contribution in [-0.4, -0.2) is 59.2 Å². The Bertz CT molecular complexity index is 583. The molecule has 132 valence electrons. The molecule has 1 fully saturated rings. The highest BCUT2D eigenvalue weighted by atomic mass is 16.5. The van der Waals surface area contributed by atoms with Crippen LogP contribution >= 0.6 is 0 Å². The standard InChI is InChI=1S/C17H25N3O4/c1-4-14-15(22-2)6-5-13(17(14)23-3)11-18-19-16(21)12-20-7-9-24-10-8-20/h5-6,11H,4,7-10,12H2,1-3H3,(H,19,21)/p+1/b18-11-. The first kappa shape index (κ1) is 18.2. The van der Waals surface area contributed by atoms with Crippen molar-refractivity contribution in [3.8, 4) is 11.5 Å². The number of nitrogens with zero attached hydrogens (tertiary/aromatic N) is 1. The van der Waals surface area contributed by atoms with E-state index in [2.05, 4.69) is 10.5 Å². The molecule has 0 saturated carbocycles. The molecule has 0 atom stereocenters. The van der Waals surface area contributed by atoms with Gasteiger partial charge in [-0.25, -0.2) is 5.43 Å². The minimum Gasteiger partial charge on any atom is -0.496 e. The number of nitrogens with one attached hydrogen (secondary N) is 2. The van der Waals surface area contributed by atoms with E-state index in [4.69, 9.17) is 14.2 Å². The molecule has 0 bridgehead atoms. The lowest BCUT2D eigenvalue weighted by atomic mass is 10.1. The monoisotopic (exact) mass is 336 g/mol. The number of hydrazone groups is 1. The maximum atomic E-state index is 11.9. The molecule has 1 amide bonds. The third kappa shape index (κ3) is 4.69. The Morgan fingerprint density at radius 3 is 2.71 bits per heavy atom. The number of carbonyl (C=O) groups excluding carboxylic acids is 1. The summed E-state index contributed by atoms with van der Waals surface area (Å²) in [5.41, 5.74) is 4.36. The summed E-state index contributed by atoms with van der Waals surface area (Å²) < 4.78 is 16.1. The minimum atomic E-state index is -0.105. The topological polar surface area (TPSA) is 73.6 Å². The highest BCUT2D eigenvalue weighted by Gasteiger charge is 2.17. The minimum absolute atomic E-state index is 0.105. The normalized spacial score (nSPS) is 15.5. The lowest BCUT2D eigenvalue weighted by molar-refractivity contribution is -0.900. The number of benzene rings is 1. The molecule has 2 rings (SSSR count). The fourth-order valence-electron chi connectivity index (χ4n) is 2.77. The number of rotatable bonds is 7. The lowest BCUT2D eigenvalue weighted by Crippen LogP contribution is -3.15. The third-order valence-electron chi connectivity index (χ3n) is 4.03. The fraction of sp³-hybridized carbons (Fsp3) is 0.529. The molecular formula is C17H26N3O4+. The molecule has 2 N–H and O–H groups in total. The van der Waals surface area contributed by atoms with Gasteiger partial charge in [-0.05, 0) is 18.6 Å². The Morgan fingerprint density at radius 1 is 1.33 bits per heavy atom. The lowest BCUT2D eigenvalue weighted by Gasteiger charge is -2.22. The van der Waals surface area contributed by atoms with Gasteiger partial charge in [0.25, 0.3) is 5.91 Å². The molecule has 1 heterocycles. The van der Waals surface area contributed by atoms with Crippen LogP contribution in [0.25, 0.3) is 0 Å². The van der Waals surface area contributed by atoms with Crippen molar-refractivity contribution < 1.29 is 23.9 Å². The molecule has 7 nitrogen and oxygen atoms in total. The first-order chi connectivity index (χ1) is 11.7. The van der Waals surface area contributed by atoms with E-state index in [1.54, 1.807) is 20.4 Å². The van der Waals surface area contributed by atoms with Gasteiger partial charge in [0.15, 0.2) is 6.54 Å². The summed E-state index contributed by atoms with van der Waals surface area (Å²) in [7, 11) is 3.25. The van der Waals surface area contributed by atoms with E-state index in [-0.39, 0.29) is 5.91 Å². The zero-order chi connectivity index (χ0) is 17.4. The molecule has 1 aromatic carbocycles. The van der Waals surface area contributed by atoms with Crippen LogP contribution in [-0.2, 0) is 16.0 Å². The molecule has 0 radical (unpaired) electrons. The maximum Gasteiger partial charge on any atom is 0.295 e. The van der Waals surface area contributed by atoms with Crippen LogP contribution in [0.2, 0.25) is 0 Å². The van der Waals surface area contributed by atoms with Crippen molar-refractivity contribution in [2.75, 3.05) is 47.1 Å². The van der Waals surface area contributed by atoms with Crippen LogP contribution in [0.1, 0.15) is 18.1 Å². The highest BCUT2D eigenvalue weighted by molar-refractivity contribution is 5.86. The van der Waals surface area contributed by atoms with Crippen LogP contribution < -0.4 is 19.8 Å². The molecule has 1 aliphatic rings. The van der Waals surface area contributed by atoms with Gasteiger partial charge < -0.3 is 19.1 Å². The molecule has 1 saturated heterocycles. The van der Waals surface area contributed by atoms with Gasteiger partial charge in [0.05, 0.1) is 33.6 Å². The summed E-state index contributed by atoms with van der Waals surface area (Å²) in [6, 6.07) is 3.74. The second-order valence-electron chi connectivity index (χ2n) is 5.55. The summed E-state index contributed by atoms with van der Waals surface area (Å²) in [6.07, 6.45) is 2.38. The van der Waals surface area contributed by atoms with Gasteiger partial charge in [-0.3, -0.25) is 4.79 Å². The van der Waals surface area contributed by atoms with Crippen molar-refractivity contribution in [1.82, 2.24) is 5.43 Å². The molecular weight excluding hydrogens is 310 g/mol. The van der Waals surface area contributed by atoms with Gasteiger partial charge in [-0.1, -0.05) is 6.92 Å². The van der Waals surface area contributed by atoms with Gasteiger partial charge >= 0.3 is 0 Å². The van der Waals surface area contributed by atoms with E-state index in [9.17, 15) is 4.79 Å². The van der Waals surface area contributed by atoms with Gasteiger partial charge in [-0.2, -0.15) is 5.10 Å². The van der Waals surface area contributed by atoms with Crippen molar-refractivity contribution in [3.05, 3.63) is 23.3 Å². The maximum absolute atomic E-state index is 11.9. The van der Waals surface area contributed by atoms with Crippen molar-refractivity contribution in [2.45, 2.75) is 13.3 Å². The highest BCUT2D eigenvalue weighted by Crippen LogP contribution is 2.31.